The Balaban J connectivity index is 1.87. The Kier molecular flexibility index (Phi) is 5.79. The number of aliphatic hydroxyl groups excluding tert-OH is 1. The van der Waals surface area contributed by atoms with Crippen LogP contribution in [0.25, 0.3) is 0 Å². The van der Waals surface area contributed by atoms with E-state index < -0.39 is 5.97 Å². The van der Waals surface area contributed by atoms with Crippen molar-refractivity contribution in [2.45, 2.75) is 70.4 Å². The van der Waals surface area contributed by atoms with E-state index >= 15 is 0 Å². The molecule has 2 aliphatic rings. The summed E-state index contributed by atoms with van der Waals surface area (Å²) in [6, 6.07) is 1.76. The van der Waals surface area contributed by atoms with E-state index in [0.717, 1.165) is 38.5 Å². The van der Waals surface area contributed by atoms with Crippen molar-refractivity contribution in [2.24, 2.45) is 11.8 Å². The van der Waals surface area contributed by atoms with E-state index in [0.29, 0.717) is 24.4 Å². The number of carboxylic acid groups (broad SMARTS) is 1. The number of hydrogen-bond donors (Lipinski definition) is 2. The van der Waals surface area contributed by atoms with Gasteiger partial charge in [0.15, 0.2) is 0 Å². The first-order valence-corrected chi connectivity index (χ1v) is 10.2. The molecule has 0 spiro atoms. The second-order valence-corrected chi connectivity index (χ2v) is 8.48. The largest absolute Gasteiger partial charge is 0.477 e. The number of carboxylic acids is 1. The van der Waals surface area contributed by atoms with Gasteiger partial charge < -0.3 is 15.1 Å². The molecule has 0 aliphatic heterocycles. The van der Waals surface area contributed by atoms with Crippen LogP contribution in [0.2, 0.25) is 0 Å². The summed E-state index contributed by atoms with van der Waals surface area (Å²) in [7, 11) is 0. The molecule has 2 N–H and O–H groups in total. The molecule has 25 heavy (non-hydrogen) atoms. The third kappa shape index (κ3) is 4.06. The highest BCUT2D eigenvalue weighted by molar-refractivity contribution is 7.12. The fourth-order valence-electron chi connectivity index (χ4n) is 4.17. The lowest BCUT2D eigenvalue weighted by Gasteiger charge is -2.38. The standard InChI is InChI=1S/C19H27NO4S/c1-12-2-4-13(5-3-12)18(22)20(14-6-8-15(21)9-7-14)16-10-11-25-17(16)19(23)24/h10-15,21H,2-9H2,1H3,(H,23,24). The van der Waals surface area contributed by atoms with Gasteiger partial charge >= 0.3 is 5.97 Å². The molecule has 0 unspecified atom stereocenters. The second-order valence-electron chi connectivity index (χ2n) is 7.57. The highest BCUT2D eigenvalue weighted by atomic mass is 32.1. The average Bonchev–Trinajstić information content (AvgIpc) is 3.07. The Morgan fingerprint density at radius 3 is 2.32 bits per heavy atom. The van der Waals surface area contributed by atoms with Gasteiger partial charge in [0, 0.05) is 12.0 Å². The van der Waals surface area contributed by atoms with E-state index in [1.165, 1.54) is 11.3 Å². The minimum Gasteiger partial charge on any atom is -0.477 e. The fraction of sp³-hybridized carbons (Fsp3) is 0.684. The number of amides is 1. The first-order valence-electron chi connectivity index (χ1n) is 9.29. The van der Waals surface area contributed by atoms with E-state index in [-0.39, 0.29) is 28.8 Å². The van der Waals surface area contributed by atoms with Gasteiger partial charge in [-0.1, -0.05) is 6.92 Å². The van der Waals surface area contributed by atoms with Gasteiger partial charge in [-0.3, -0.25) is 4.79 Å². The molecule has 1 heterocycles. The summed E-state index contributed by atoms with van der Waals surface area (Å²) in [6.07, 6.45) is 6.38. The van der Waals surface area contributed by atoms with Gasteiger partial charge in [-0.2, -0.15) is 0 Å². The summed E-state index contributed by atoms with van der Waals surface area (Å²) in [5.74, 6) is -0.243. The molecule has 2 aliphatic carbocycles. The maximum Gasteiger partial charge on any atom is 0.348 e. The van der Waals surface area contributed by atoms with Crippen molar-refractivity contribution >= 4 is 28.9 Å². The lowest BCUT2D eigenvalue weighted by molar-refractivity contribution is -0.124. The topological polar surface area (TPSA) is 77.8 Å². The van der Waals surface area contributed by atoms with Crippen molar-refractivity contribution in [2.75, 3.05) is 4.90 Å². The molecular weight excluding hydrogens is 338 g/mol. The van der Waals surface area contributed by atoms with Crippen LogP contribution in [-0.2, 0) is 4.79 Å². The normalized spacial score (nSPS) is 30.0. The number of aliphatic hydroxyl groups is 1. The van der Waals surface area contributed by atoms with E-state index in [2.05, 4.69) is 6.92 Å². The molecule has 0 atom stereocenters. The van der Waals surface area contributed by atoms with Crippen molar-refractivity contribution < 1.29 is 19.8 Å². The van der Waals surface area contributed by atoms with Crippen LogP contribution < -0.4 is 4.90 Å². The van der Waals surface area contributed by atoms with E-state index in [9.17, 15) is 19.8 Å². The van der Waals surface area contributed by atoms with Crippen LogP contribution in [0.3, 0.4) is 0 Å². The van der Waals surface area contributed by atoms with Crippen LogP contribution >= 0.6 is 11.3 Å². The van der Waals surface area contributed by atoms with Gasteiger partial charge in [0.25, 0.3) is 0 Å². The number of rotatable bonds is 4. The molecule has 0 bridgehead atoms. The first kappa shape index (κ1) is 18.4. The third-order valence-corrected chi connectivity index (χ3v) is 6.62. The van der Waals surface area contributed by atoms with Crippen LogP contribution in [-0.4, -0.2) is 34.2 Å². The van der Waals surface area contributed by atoms with Gasteiger partial charge in [0.05, 0.1) is 11.8 Å². The van der Waals surface area contributed by atoms with Crippen molar-refractivity contribution in [3.63, 3.8) is 0 Å². The van der Waals surface area contributed by atoms with Gasteiger partial charge in [-0.05, 0) is 68.7 Å². The zero-order chi connectivity index (χ0) is 18.0. The maximum absolute atomic E-state index is 13.3. The number of hydrogen-bond acceptors (Lipinski definition) is 4. The predicted octanol–water partition coefficient (Wildman–Crippen LogP) is 3.91. The van der Waals surface area contributed by atoms with Crippen molar-refractivity contribution in [3.8, 4) is 0 Å². The molecular formula is C19H27NO4S. The van der Waals surface area contributed by atoms with Crippen LogP contribution in [0.5, 0.6) is 0 Å². The Morgan fingerprint density at radius 1 is 1.08 bits per heavy atom. The summed E-state index contributed by atoms with van der Waals surface area (Å²) < 4.78 is 0. The monoisotopic (exact) mass is 365 g/mol. The molecule has 138 valence electrons. The molecule has 1 aromatic heterocycles. The van der Waals surface area contributed by atoms with Gasteiger partial charge in [-0.15, -0.1) is 11.3 Å². The summed E-state index contributed by atoms with van der Waals surface area (Å²) in [6.45, 7) is 2.22. The van der Waals surface area contributed by atoms with Gasteiger partial charge in [0.2, 0.25) is 5.91 Å². The summed E-state index contributed by atoms with van der Waals surface area (Å²) >= 11 is 1.17. The maximum atomic E-state index is 13.3. The van der Waals surface area contributed by atoms with Crippen molar-refractivity contribution in [3.05, 3.63) is 16.3 Å². The third-order valence-electron chi connectivity index (χ3n) is 5.73. The molecule has 0 saturated heterocycles. The molecule has 0 radical (unpaired) electrons. The molecule has 1 amide bonds. The minimum absolute atomic E-state index is 0.00963. The van der Waals surface area contributed by atoms with Crippen LogP contribution in [0.15, 0.2) is 11.4 Å². The van der Waals surface area contributed by atoms with E-state index in [4.69, 9.17) is 0 Å². The average molecular weight is 365 g/mol. The zero-order valence-electron chi connectivity index (χ0n) is 14.7. The molecule has 0 aromatic carbocycles. The molecule has 2 saturated carbocycles. The second kappa shape index (κ2) is 7.87. The predicted molar refractivity (Wildman–Crippen MR) is 98.1 cm³/mol. The molecule has 3 rings (SSSR count). The van der Waals surface area contributed by atoms with Crippen molar-refractivity contribution in [1.82, 2.24) is 0 Å². The highest BCUT2D eigenvalue weighted by Gasteiger charge is 2.36. The number of nitrogens with zero attached hydrogens (tertiary/aromatic N) is 1. The lowest BCUT2D eigenvalue weighted by Crippen LogP contribution is -2.47. The minimum atomic E-state index is -0.976. The molecule has 6 heteroatoms. The summed E-state index contributed by atoms with van der Waals surface area (Å²) in [5.41, 5.74) is 0.544. The highest BCUT2D eigenvalue weighted by Crippen LogP contribution is 2.37. The SMILES string of the molecule is CC1CCC(C(=O)N(c2ccsc2C(=O)O)C2CCC(O)CC2)CC1. The number of carbonyl (C=O) groups is 2. The summed E-state index contributed by atoms with van der Waals surface area (Å²) in [4.78, 5) is 26.9. The lowest BCUT2D eigenvalue weighted by atomic mass is 9.81. The van der Waals surface area contributed by atoms with Crippen molar-refractivity contribution in [1.29, 1.82) is 0 Å². The number of carbonyl (C=O) groups excluding carboxylic acids is 1. The van der Waals surface area contributed by atoms with Crippen LogP contribution in [0, 0.1) is 11.8 Å². The number of anilines is 1. The first-order chi connectivity index (χ1) is 12.0. The quantitative estimate of drug-likeness (QED) is 0.848. The van der Waals surface area contributed by atoms with Crippen LogP contribution in [0.1, 0.15) is 68.0 Å². The number of aromatic carboxylic acids is 1. The Hall–Kier alpha value is -1.40. The Morgan fingerprint density at radius 2 is 1.72 bits per heavy atom. The van der Waals surface area contributed by atoms with Gasteiger partial charge in [-0.25, -0.2) is 4.79 Å². The van der Waals surface area contributed by atoms with E-state index in [1.54, 1.807) is 16.3 Å². The van der Waals surface area contributed by atoms with Gasteiger partial charge in [0.1, 0.15) is 4.88 Å². The Labute approximate surface area is 152 Å². The fourth-order valence-corrected chi connectivity index (χ4v) is 4.89. The Bertz CT molecular complexity index is 613. The summed E-state index contributed by atoms with van der Waals surface area (Å²) in [5, 5.41) is 21.1. The molecule has 2 fully saturated rings. The smallest absolute Gasteiger partial charge is 0.348 e. The van der Waals surface area contributed by atoms with Crippen LogP contribution in [0.4, 0.5) is 5.69 Å². The van der Waals surface area contributed by atoms with E-state index in [1.807, 2.05) is 0 Å². The molecule has 1 aromatic rings. The number of thiophene rings is 1. The molecule has 5 nitrogen and oxygen atoms in total. The zero-order valence-corrected chi connectivity index (χ0v) is 15.5.